The van der Waals surface area contributed by atoms with Crippen LogP contribution in [0.5, 0.6) is 0 Å². The second-order valence-electron chi connectivity index (χ2n) is 2.54. The number of hydrogen-bond donors (Lipinski definition) is 1. The fraction of sp³-hybridized carbons (Fsp3) is 0. The van der Waals surface area contributed by atoms with Crippen LogP contribution in [0.15, 0.2) is 28.6 Å². The van der Waals surface area contributed by atoms with Crippen molar-refractivity contribution in [3.63, 3.8) is 0 Å². The molecule has 0 fully saturated rings. The van der Waals surface area contributed by atoms with E-state index >= 15 is 0 Å². The number of hydrogen-bond acceptors (Lipinski definition) is 3. The lowest BCUT2D eigenvalue weighted by Gasteiger charge is -2.02. The van der Waals surface area contributed by atoms with E-state index in [1.54, 1.807) is 18.5 Å². The van der Waals surface area contributed by atoms with Crippen molar-refractivity contribution >= 4 is 46.6 Å². The van der Waals surface area contributed by atoms with Gasteiger partial charge in [-0.3, -0.25) is 0 Å². The summed E-state index contributed by atoms with van der Waals surface area (Å²) in [7, 11) is 0. The molecule has 1 N–H and O–H groups in total. The zero-order valence-corrected chi connectivity index (χ0v) is 10.3. The first-order valence-electron chi connectivity index (χ1n) is 3.85. The highest BCUT2D eigenvalue weighted by molar-refractivity contribution is 7.99. The van der Waals surface area contributed by atoms with Crippen LogP contribution in [0.25, 0.3) is 0 Å². The fourth-order valence-electron chi connectivity index (χ4n) is 0.898. The van der Waals surface area contributed by atoms with Gasteiger partial charge in [0.1, 0.15) is 10.2 Å². The minimum atomic E-state index is 0.232. The first kappa shape index (κ1) is 11.1. The predicted octanol–water partition coefficient (Wildman–Crippen LogP) is 3.92. The summed E-state index contributed by atoms with van der Waals surface area (Å²) >= 11 is 18.8. The van der Waals surface area contributed by atoms with E-state index in [2.05, 4.69) is 15.0 Å². The number of H-pyrrole nitrogens is 1. The van der Waals surface area contributed by atoms with Crippen LogP contribution in [0.2, 0.25) is 15.2 Å². The first-order chi connectivity index (χ1) is 7.16. The molecule has 0 atom stereocenters. The van der Waals surface area contributed by atoms with Gasteiger partial charge in [0.15, 0.2) is 5.16 Å². The zero-order chi connectivity index (χ0) is 10.8. The van der Waals surface area contributed by atoms with Crippen molar-refractivity contribution in [1.82, 2.24) is 15.0 Å². The minimum absolute atomic E-state index is 0.232. The second-order valence-corrected chi connectivity index (χ2v) is 4.69. The fourth-order valence-corrected chi connectivity index (χ4v) is 2.28. The number of halogens is 3. The maximum atomic E-state index is 5.95. The highest BCUT2D eigenvalue weighted by atomic mass is 35.5. The Balaban J connectivity index is 2.33. The van der Waals surface area contributed by atoms with Gasteiger partial charge in [-0.15, -0.1) is 0 Å². The monoisotopic (exact) mass is 279 g/mol. The van der Waals surface area contributed by atoms with Gasteiger partial charge in [-0.1, -0.05) is 34.8 Å². The van der Waals surface area contributed by atoms with Crippen molar-refractivity contribution in [2.24, 2.45) is 0 Å². The topological polar surface area (TPSA) is 41.6 Å². The number of rotatable bonds is 2. The summed E-state index contributed by atoms with van der Waals surface area (Å²) in [6.07, 6.45) is 3.36. The smallest absolute Gasteiger partial charge is 0.171 e. The predicted molar refractivity (Wildman–Crippen MR) is 62.0 cm³/mol. The summed E-state index contributed by atoms with van der Waals surface area (Å²) in [4.78, 5) is 11.0. The van der Waals surface area contributed by atoms with Crippen LogP contribution in [0, 0.1) is 0 Å². The Labute approximate surface area is 105 Å². The molecule has 3 nitrogen and oxygen atoms in total. The van der Waals surface area contributed by atoms with Crippen LogP contribution in [0.1, 0.15) is 0 Å². The highest BCUT2D eigenvalue weighted by Crippen LogP contribution is 2.33. The molecule has 0 aliphatic carbocycles. The Hall–Kier alpha value is -0.420. The lowest BCUT2D eigenvalue weighted by Crippen LogP contribution is -1.85. The van der Waals surface area contributed by atoms with Gasteiger partial charge >= 0.3 is 0 Å². The van der Waals surface area contributed by atoms with Gasteiger partial charge < -0.3 is 4.98 Å². The van der Waals surface area contributed by atoms with Crippen molar-refractivity contribution in [2.45, 2.75) is 10.2 Å². The van der Waals surface area contributed by atoms with Crippen molar-refractivity contribution in [1.29, 1.82) is 0 Å². The normalized spacial score (nSPS) is 10.6. The van der Waals surface area contributed by atoms with Gasteiger partial charge in [0.05, 0.1) is 10.0 Å². The molecule has 0 radical (unpaired) electrons. The number of pyridine rings is 1. The number of nitrogens with one attached hydrogen (secondary N) is 1. The van der Waals surface area contributed by atoms with Gasteiger partial charge in [0.2, 0.25) is 0 Å². The molecule has 78 valence electrons. The molecule has 2 rings (SSSR count). The molecule has 0 aliphatic rings. The lowest BCUT2D eigenvalue weighted by molar-refractivity contribution is 1.04. The Morgan fingerprint density at radius 1 is 1.20 bits per heavy atom. The zero-order valence-electron chi connectivity index (χ0n) is 7.17. The minimum Gasteiger partial charge on any atom is -0.339 e. The Kier molecular flexibility index (Phi) is 3.41. The molecular formula is C8H4Cl3N3S. The number of imidazole rings is 1. The van der Waals surface area contributed by atoms with Crippen molar-refractivity contribution in [3.8, 4) is 0 Å². The van der Waals surface area contributed by atoms with E-state index in [4.69, 9.17) is 34.8 Å². The van der Waals surface area contributed by atoms with E-state index in [0.29, 0.717) is 20.2 Å². The molecule has 0 bridgehead atoms. The van der Waals surface area contributed by atoms with Crippen molar-refractivity contribution < 1.29 is 0 Å². The van der Waals surface area contributed by atoms with Crippen LogP contribution in [-0.2, 0) is 0 Å². The molecule has 15 heavy (non-hydrogen) atoms. The molecule has 0 aromatic carbocycles. The molecule has 0 aliphatic heterocycles. The number of aromatic nitrogens is 3. The van der Waals surface area contributed by atoms with Crippen LogP contribution in [0.3, 0.4) is 0 Å². The maximum Gasteiger partial charge on any atom is 0.171 e. The molecule has 7 heteroatoms. The van der Waals surface area contributed by atoms with Crippen LogP contribution in [0.4, 0.5) is 0 Å². The number of nitrogens with zero attached hydrogens (tertiary/aromatic N) is 2. The first-order valence-corrected chi connectivity index (χ1v) is 5.80. The SMILES string of the molecule is Clc1cc(Cl)c(Sc2ncc[nH]2)nc1Cl. The van der Waals surface area contributed by atoms with Gasteiger partial charge in [0, 0.05) is 12.4 Å². The molecule has 0 amide bonds. The summed E-state index contributed by atoms with van der Waals surface area (Å²) in [6.45, 7) is 0. The Bertz CT molecular complexity index is 472. The van der Waals surface area contributed by atoms with Gasteiger partial charge in [-0.05, 0) is 17.8 Å². The molecule has 0 unspecified atom stereocenters. The Morgan fingerprint density at radius 2 is 2.00 bits per heavy atom. The summed E-state index contributed by atoms with van der Waals surface area (Å²) in [5.74, 6) is 0. The molecular weight excluding hydrogens is 277 g/mol. The highest BCUT2D eigenvalue weighted by Gasteiger charge is 2.10. The van der Waals surface area contributed by atoms with E-state index in [-0.39, 0.29) is 5.15 Å². The van der Waals surface area contributed by atoms with E-state index in [0.717, 1.165) is 0 Å². The van der Waals surface area contributed by atoms with Gasteiger partial charge in [-0.2, -0.15) is 0 Å². The van der Waals surface area contributed by atoms with Crippen LogP contribution < -0.4 is 0 Å². The summed E-state index contributed by atoms with van der Waals surface area (Å²) in [6, 6.07) is 1.56. The molecule has 2 aromatic rings. The molecule has 2 aromatic heterocycles. The second kappa shape index (κ2) is 4.61. The molecule has 0 spiro atoms. The molecule has 0 saturated heterocycles. The largest absolute Gasteiger partial charge is 0.339 e. The van der Waals surface area contributed by atoms with E-state index in [1.165, 1.54) is 11.8 Å². The average molecular weight is 281 g/mol. The molecule has 0 saturated carbocycles. The third-order valence-corrected chi connectivity index (χ3v) is 3.52. The average Bonchev–Trinajstić information content (AvgIpc) is 2.67. The van der Waals surface area contributed by atoms with E-state index in [9.17, 15) is 0 Å². The summed E-state index contributed by atoms with van der Waals surface area (Å²) in [5, 5.41) is 2.29. The third kappa shape index (κ3) is 2.58. The summed E-state index contributed by atoms with van der Waals surface area (Å²) in [5.41, 5.74) is 0. The maximum absolute atomic E-state index is 5.95. The van der Waals surface area contributed by atoms with Gasteiger partial charge in [0.25, 0.3) is 0 Å². The van der Waals surface area contributed by atoms with Crippen LogP contribution in [-0.4, -0.2) is 15.0 Å². The third-order valence-electron chi connectivity index (χ3n) is 1.52. The van der Waals surface area contributed by atoms with Crippen molar-refractivity contribution in [2.75, 3.05) is 0 Å². The standard InChI is InChI=1S/C8H4Cl3N3S/c9-4-3-5(10)7(14-6(4)11)15-8-12-1-2-13-8/h1-3H,(H,12,13). The van der Waals surface area contributed by atoms with Gasteiger partial charge in [-0.25, -0.2) is 9.97 Å². The van der Waals surface area contributed by atoms with E-state index in [1.807, 2.05) is 0 Å². The van der Waals surface area contributed by atoms with E-state index < -0.39 is 0 Å². The summed E-state index contributed by atoms with van der Waals surface area (Å²) < 4.78 is 0. The lowest BCUT2D eigenvalue weighted by atomic mass is 10.5. The van der Waals surface area contributed by atoms with Crippen molar-refractivity contribution in [3.05, 3.63) is 33.7 Å². The van der Waals surface area contributed by atoms with Crippen LogP contribution >= 0.6 is 46.6 Å². The quantitative estimate of drug-likeness (QED) is 0.848. The Morgan fingerprint density at radius 3 is 2.67 bits per heavy atom. The number of aromatic amines is 1. The molecule has 2 heterocycles.